The van der Waals surface area contributed by atoms with E-state index < -0.39 is 5.97 Å². The van der Waals surface area contributed by atoms with Crippen LogP contribution in [0.3, 0.4) is 0 Å². The number of nitrogens with zero attached hydrogens (tertiary/aromatic N) is 1. The molecular weight excluding hydrogens is 418 g/mol. The Labute approximate surface area is 209 Å². The largest absolute Gasteiger partial charge is 0.481 e. The summed E-state index contributed by atoms with van der Waals surface area (Å²) in [6.07, 6.45) is 23.3. The Morgan fingerprint density at radius 2 is 1.35 bits per heavy atom. The van der Waals surface area contributed by atoms with Crippen LogP contribution in [0.4, 0.5) is 0 Å². The van der Waals surface area contributed by atoms with Gasteiger partial charge in [0.15, 0.2) is 0 Å². The van der Waals surface area contributed by atoms with Gasteiger partial charge in [-0.05, 0) is 62.5 Å². The van der Waals surface area contributed by atoms with Gasteiger partial charge in [-0.2, -0.15) is 0 Å². The third-order valence-electron chi connectivity index (χ3n) is 6.31. The Morgan fingerprint density at radius 1 is 0.794 bits per heavy atom. The lowest BCUT2D eigenvalue weighted by atomic mass is 9.95. The molecule has 0 saturated heterocycles. The van der Waals surface area contributed by atoms with Crippen molar-refractivity contribution in [2.24, 2.45) is 5.92 Å². The Morgan fingerprint density at radius 3 is 1.91 bits per heavy atom. The zero-order valence-electron chi connectivity index (χ0n) is 21.6. The fraction of sp³-hybridized carbons (Fsp3) is 0.677. The first-order valence-corrected chi connectivity index (χ1v) is 13.8. The first kappa shape index (κ1) is 29.8. The molecule has 1 unspecified atom stereocenters. The van der Waals surface area contributed by atoms with Gasteiger partial charge in [0, 0.05) is 24.7 Å². The molecule has 0 saturated carbocycles. The molecule has 1 aromatic heterocycles. The minimum atomic E-state index is -0.668. The number of unbranched alkanes of at least 4 members (excludes halogenated alkanes) is 13. The zero-order chi connectivity index (χ0) is 24.5. The van der Waals surface area contributed by atoms with E-state index in [1.54, 1.807) is 6.20 Å². The normalized spacial score (nSPS) is 11.2. The molecule has 0 bridgehead atoms. The molecule has 1 atom stereocenters. The summed E-state index contributed by atoms with van der Waals surface area (Å²) in [6, 6.07) is 5.88. The van der Waals surface area contributed by atoms with Gasteiger partial charge in [-0.3, -0.25) is 9.78 Å². The van der Waals surface area contributed by atoms with E-state index in [1.807, 2.05) is 18.2 Å². The number of hydrogen-bond donors (Lipinski definition) is 1. The lowest BCUT2D eigenvalue weighted by molar-refractivity contribution is -0.142. The fourth-order valence-electron chi connectivity index (χ4n) is 4.16. The van der Waals surface area contributed by atoms with E-state index in [2.05, 4.69) is 35.6 Å². The highest BCUT2D eigenvalue weighted by Gasteiger charge is 2.16. The van der Waals surface area contributed by atoms with E-state index in [9.17, 15) is 9.90 Å². The Hall–Kier alpha value is -2.26. The molecule has 1 heterocycles. The molecule has 0 aliphatic heterocycles. The van der Waals surface area contributed by atoms with Crippen LogP contribution in [-0.4, -0.2) is 16.1 Å². The van der Waals surface area contributed by atoms with Crippen molar-refractivity contribution in [3.05, 3.63) is 30.1 Å². The molecule has 1 N–H and O–H groups in total. The number of pyridine rings is 1. The molecule has 34 heavy (non-hydrogen) atoms. The fourth-order valence-corrected chi connectivity index (χ4v) is 4.16. The third-order valence-corrected chi connectivity index (χ3v) is 6.31. The number of carboxylic acid groups (broad SMARTS) is 1. The molecule has 1 aromatic rings. The molecule has 188 valence electrons. The minimum Gasteiger partial charge on any atom is -0.481 e. The minimum absolute atomic E-state index is 0.244. The molecule has 0 aromatic carbocycles. The first-order chi connectivity index (χ1) is 16.7. The average molecular weight is 466 g/mol. The maximum absolute atomic E-state index is 11.5. The molecule has 3 nitrogen and oxygen atoms in total. The molecular formula is C31H47NO2. The van der Waals surface area contributed by atoms with Gasteiger partial charge in [0.1, 0.15) is 0 Å². The van der Waals surface area contributed by atoms with Crippen molar-refractivity contribution in [1.29, 1.82) is 0 Å². The number of rotatable bonds is 20. The number of aliphatic carboxylic acids is 1. The van der Waals surface area contributed by atoms with Crippen LogP contribution >= 0.6 is 0 Å². The van der Waals surface area contributed by atoms with Crippen LogP contribution < -0.4 is 0 Å². The number of aromatic nitrogens is 1. The molecule has 1 rings (SSSR count). The number of hydrogen-bond acceptors (Lipinski definition) is 2. The smallest absolute Gasteiger partial charge is 0.306 e. The van der Waals surface area contributed by atoms with Gasteiger partial charge in [0.05, 0.1) is 5.92 Å². The topological polar surface area (TPSA) is 50.2 Å². The van der Waals surface area contributed by atoms with Gasteiger partial charge in [-0.25, -0.2) is 0 Å². The summed E-state index contributed by atoms with van der Waals surface area (Å²) in [4.78, 5) is 15.8. The molecule has 0 aliphatic rings. The van der Waals surface area contributed by atoms with Crippen molar-refractivity contribution in [2.45, 2.75) is 129 Å². The van der Waals surface area contributed by atoms with E-state index in [4.69, 9.17) is 0 Å². The molecule has 3 heteroatoms. The number of carboxylic acids is 1. The van der Waals surface area contributed by atoms with Crippen molar-refractivity contribution in [2.75, 3.05) is 0 Å². The summed E-state index contributed by atoms with van der Waals surface area (Å²) in [7, 11) is 0. The Bertz CT molecular complexity index is 735. The van der Waals surface area contributed by atoms with Crippen molar-refractivity contribution in [3.63, 3.8) is 0 Å². The summed E-state index contributed by atoms with van der Waals surface area (Å²) in [5, 5.41) is 9.47. The Balaban J connectivity index is 1.96. The molecule has 0 spiro atoms. The predicted molar refractivity (Wildman–Crippen MR) is 143 cm³/mol. The summed E-state index contributed by atoms with van der Waals surface area (Å²) < 4.78 is 0. The second-order valence-corrected chi connectivity index (χ2v) is 9.38. The molecule has 0 aliphatic carbocycles. The quantitative estimate of drug-likeness (QED) is 0.155. The van der Waals surface area contributed by atoms with E-state index in [-0.39, 0.29) is 5.92 Å². The summed E-state index contributed by atoms with van der Waals surface area (Å²) in [5.41, 5.74) is 1.04. The van der Waals surface area contributed by atoms with E-state index in [0.717, 1.165) is 63.5 Å². The van der Waals surface area contributed by atoms with Crippen molar-refractivity contribution < 1.29 is 9.90 Å². The van der Waals surface area contributed by atoms with Crippen LogP contribution in [0.2, 0.25) is 0 Å². The third kappa shape index (κ3) is 18.2. The van der Waals surface area contributed by atoms with Crippen molar-refractivity contribution in [3.8, 4) is 23.7 Å². The van der Waals surface area contributed by atoms with Gasteiger partial charge >= 0.3 is 5.97 Å². The van der Waals surface area contributed by atoms with Crippen molar-refractivity contribution in [1.82, 2.24) is 4.98 Å². The summed E-state index contributed by atoms with van der Waals surface area (Å²) in [5.74, 6) is 11.4. The van der Waals surface area contributed by atoms with Gasteiger partial charge < -0.3 is 5.11 Å². The average Bonchev–Trinajstić information content (AvgIpc) is 2.84. The van der Waals surface area contributed by atoms with Crippen LogP contribution in [0, 0.1) is 29.6 Å². The second kappa shape index (κ2) is 22.5. The van der Waals surface area contributed by atoms with Gasteiger partial charge in [-0.15, -0.1) is 0 Å². The van der Waals surface area contributed by atoms with Gasteiger partial charge in [0.25, 0.3) is 0 Å². The van der Waals surface area contributed by atoms with E-state index in [0.29, 0.717) is 0 Å². The maximum atomic E-state index is 11.5. The zero-order valence-corrected chi connectivity index (χ0v) is 21.6. The molecule has 0 amide bonds. The van der Waals surface area contributed by atoms with E-state index >= 15 is 0 Å². The van der Waals surface area contributed by atoms with Crippen LogP contribution in [0.1, 0.15) is 128 Å². The highest BCUT2D eigenvalue weighted by Crippen LogP contribution is 2.18. The summed E-state index contributed by atoms with van der Waals surface area (Å²) >= 11 is 0. The summed E-state index contributed by atoms with van der Waals surface area (Å²) in [6.45, 7) is 2.27. The van der Waals surface area contributed by atoms with Crippen molar-refractivity contribution >= 4 is 5.97 Å². The lowest BCUT2D eigenvalue weighted by Gasteiger charge is -2.11. The lowest BCUT2D eigenvalue weighted by Crippen LogP contribution is -2.14. The van der Waals surface area contributed by atoms with Crippen LogP contribution in [0.15, 0.2) is 24.4 Å². The van der Waals surface area contributed by atoms with Crippen LogP contribution in [-0.2, 0) is 11.2 Å². The van der Waals surface area contributed by atoms with Gasteiger partial charge in [0.2, 0.25) is 0 Å². The van der Waals surface area contributed by atoms with Gasteiger partial charge in [-0.1, -0.05) is 95.5 Å². The highest BCUT2D eigenvalue weighted by molar-refractivity contribution is 5.69. The highest BCUT2D eigenvalue weighted by atomic mass is 16.4. The predicted octanol–water partition coefficient (Wildman–Crippen LogP) is 8.37. The number of aryl methyl sites for hydroxylation is 1. The monoisotopic (exact) mass is 465 g/mol. The standard InChI is InChI=1S/C31H47NO2/c1-2-3-4-5-6-7-8-9-10-11-12-13-14-15-16-17-18-19-20-24-29(31(33)34)25-23-27-30-26-21-22-28-32-30/h21-22,26,28-29H,2-12,17-20,23-25,27H2,1H3,(H,33,34). The first-order valence-electron chi connectivity index (χ1n) is 13.8. The molecule has 0 radical (unpaired) electrons. The number of carbonyl (C=O) groups is 1. The van der Waals surface area contributed by atoms with Crippen LogP contribution in [0.25, 0.3) is 0 Å². The molecule has 0 fully saturated rings. The maximum Gasteiger partial charge on any atom is 0.306 e. The SMILES string of the molecule is CCCCCCCCCCCCC#CC#CCCCCCC(CCCc1ccccn1)C(=O)O. The van der Waals surface area contributed by atoms with E-state index in [1.165, 1.54) is 64.2 Å². The Kier molecular flexibility index (Phi) is 19.7. The van der Waals surface area contributed by atoms with Crippen LogP contribution in [0.5, 0.6) is 0 Å². The second-order valence-electron chi connectivity index (χ2n) is 9.38.